The first-order chi connectivity index (χ1) is 11.2. The number of hydrogen-bond donors (Lipinski definition) is 2. The Morgan fingerprint density at radius 3 is 2.13 bits per heavy atom. The molecule has 116 valence electrons. The van der Waals surface area contributed by atoms with Crippen LogP contribution in [0.4, 0.5) is 0 Å². The molecule has 0 radical (unpaired) electrons. The van der Waals surface area contributed by atoms with Gasteiger partial charge in [-0.1, -0.05) is 60.7 Å². The molecule has 0 saturated carbocycles. The Labute approximate surface area is 139 Å². The van der Waals surface area contributed by atoms with Gasteiger partial charge in [0.1, 0.15) is 6.33 Å². The van der Waals surface area contributed by atoms with E-state index in [0.717, 1.165) is 11.1 Å². The molecule has 1 aromatic heterocycles. The molecule has 0 unspecified atom stereocenters. The van der Waals surface area contributed by atoms with Crippen LogP contribution in [0.3, 0.4) is 0 Å². The van der Waals surface area contributed by atoms with E-state index in [9.17, 15) is 4.79 Å². The quantitative estimate of drug-likeness (QED) is 0.708. The summed E-state index contributed by atoms with van der Waals surface area (Å²) in [5.41, 5.74) is 4.94. The normalized spacial score (nSPS) is 10.7. The van der Waals surface area contributed by atoms with Gasteiger partial charge in [-0.2, -0.15) is 5.10 Å². The van der Waals surface area contributed by atoms with Crippen LogP contribution in [-0.4, -0.2) is 20.8 Å². The summed E-state index contributed by atoms with van der Waals surface area (Å²) in [5.74, 6) is -0.140. The Balaban J connectivity index is 1.83. The number of nitrogens with one attached hydrogen (secondary N) is 2. The van der Waals surface area contributed by atoms with Crippen molar-refractivity contribution >= 4 is 18.1 Å². The van der Waals surface area contributed by atoms with Crippen LogP contribution in [0.2, 0.25) is 0 Å². The number of amides is 1. The summed E-state index contributed by atoms with van der Waals surface area (Å²) >= 11 is 5.03. The highest BCUT2D eigenvalue weighted by molar-refractivity contribution is 7.71. The second kappa shape index (κ2) is 7.02. The average Bonchev–Trinajstić information content (AvgIpc) is 2.99. The van der Waals surface area contributed by atoms with E-state index in [1.165, 1.54) is 11.0 Å². The van der Waals surface area contributed by atoms with Gasteiger partial charge < -0.3 is 0 Å². The number of hydrogen-bond acceptors (Lipinski definition) is 3. The lowest BCUT2D eigenvalue weighted by atomic mass is 9.88. The minimum Gasteiger partial charge on any atom is -0.273 e. The molecule has 2 N–H and O–H groups in total. The van der Waals surface area contributed by atoms with Gasteiger partial charge >= 0.3 is 0 Å². The Kier molecular flexibility index (Phi) is 4.63. The molecule has 0 fully saturated rings. The zero-order valence-corrected chi connectivity index (χ0v) is 13.2. The minimum atomic E-state index is -0.125. The maximum Gasteiger partial charge on any atom is 0.239 e. The smallest absolute Gasteiger partial charge is 0.239 e. The van der Waals surface area contributed by atoms with Crippen LogP contribution in [-0.2, 0) is 4.79 Å². The van der Waals surface area contributed by atoms with Gasteiger partial charge in [0.25, 0.3) is 0 Å². The molecule has 3 aromatic rings. The molecular weight excluding hydrogens is 308 g/mol. The molecule has 6 heteroatoms. The number of H-pyrrole nitrogens is 1. The summed E-state index contributed by atoms with van der Waals surface area (Å²) in [7, 11) is 0. The maximum atomic E-state index is 12.4. The van der Waals surface area contributed by atoms with Crippen molar-refractivity contribution in [1.29, 1.82) is 0 Å². The number of benzene rings is 2. The molecule has 0 spiro atoms. The molecule has 0 aliphatic rings. The van der Waals surface area contributed by atoms with Crippen molar-refractivity contribution in [3.8, 4) is 0 Å². The number of carbonyl (C=O) groups excluding carboxylic acids is 1. The van der Waals surface area contributed by atoms with Crippen molar-refractivity contribution < 1.29 is 4.79 Å². The fourth-order valence-electron chi connectivity index (χ4n) is 2.49. The van der Waals surface area contributed by atoms with Gasteiger partial charge in [0.2, 0.25) is 10.7 Å². The fraction of sp³-hybridized carbons (Fsp3) is 0.118. The van der Waals surface area contributed by atoms with Gasteiger partial charge in [-0.05, 0) is 23.3 Å². The highest BCUT2D eigenvalue weighted by Gasteiger charge is 2.18. The summed E-state index contributed by atoms with van der Waals surface area (Å²) in [5, 5.41) is 6.39. The van der Waals surface area contributed by atoms with Crippen molar-refractivity contribution in [2.24, 2.45) is 0 Å². The highest BCUT2D eigenvalue weighted by Crippen LogP contribution is 2.27. The van der Waals surface area contributed by atoms with Crippen LogP contribution in [0, 0.1) is 4.77 Å². The predicted molar refractivity (Wildman–Crippen MR) is 91.1 cm³/mol. The first-order valence-corrected chi connectivity index (χ1v) is 7.66. The molecule has 0 aliphatic heterocycles. The topological polar surface area (TPSA) is 62.7 Å². The van der Waals surface area contributed by atoms with Crippen LogP contribution in [0.25, 0.3) is 0 Å². The minimum absolute atomic E-state index is 0.0153. The van der Waals surface area contributed by atoms with Crippen LogP contribution in [0.5, 0.6) is 0 Å². The molecule has 0 aliphatic carbocycles. The van der Waals surface area contributed by atoms with E-state index in [-0.39, 0.29) is 11.8 Å². The predicted octanol–water partition coefficient (Wildman–Crippen LogP) is 3.23. The number of rotatable bonds is 5. The molecule has 1 amide bonds. The van der Waals surface area contributed by atoms with E-state index in [2.05, 4.69) is 15.6 Å². The Morgan fingerprint density at radius 1 is 1.09 bits per heavy atom. The molecule has 23 heavy (non-hydrogen) atoms. The Hall–Kier alpha value is -2.73. The van der Waals surface area contributed by atoms with E-state index in [1.807, 2.05) is 60.7 Å². The van der Waals surface area contributed by atoms with Gasteiger partial charge in [0.15, 0.2) is 0 Å². The van der Waals surface area contributed by atoms with Crippen LogP contribution in [0.15, 0.2) is 67.0 Å². The summed E-state index contributed by atoms with van der Waals surface area (Å²) in [6.07, 6.45) is 1.77. The van der Waals surface area contributed by atoms with E-state index < -0.39 is 0 Å². The first kappa shape index (κ1) is 15.2. The Morgan fingerprint density at radius 2 is 1.65 bits per heavy atom. The SMILES string of the molecule is O=C(CC(c1ccccc1)c1ccccc1)Nn1cn[nH]c1=S. The third-order valence-corrected chi connectivity index (χ3v) is 3.88. The van der Waals surface area contributed by atoms with E-state index >= 15 is 0 Å². The lowest BCUT2D eigenvalue weighted by Gasteiger charge is -2.17. The molecule has 5 nitrogen and oxygen atoms in total. The largest absolute Gasteiger partial charge is 0.273 e. The van der Waals surface area contributed by atoms with Crippen LogP contribution in [0.1, 0.15) is 23.5 Å². The van der Waals surface area contributed by atoms with Gasteiger partial charge in [-0.25, -0.2) is 4.68 Å². The second-order valence-electron chi connectivity index (χ2n) is 5.14. The third-order valence-electron chi connectivity index (χ3n) is 3.59. The zero-order valence-electron chi connectivity index (χ0n) is 12.3. The number of nitrogens with zero attached hydrogens (tertiary/aromatic N) is 2. The maximum absolute atomic E-state index is 12.4. The van der Waals surface area contributed by atoms with Gasteiger partial charge in [-0.15, -0.1) is 0 Å². The first-order valence-electron chi connectivity index (χ1n) is 7.26. The van der Waals surface area contributed by atoms with E-state index in [4.69, 9.17) is 12.2 Å². The van der Waals surface area contributed by atoms with Crippen LogP contribution < -0.4 is 5.43 Å². The van der Waals surface area contributed by atoms with Crippen LogP contribution >= 0.6 is 12.2 Å². The number of aromatic nitrogens is 3. The zero-order chi connectivity index (χ0) is 16.1. The number of aromatic amines is 1. The summed E-state index contributed by atoms with van der Waals surface area (Å²) in [4.78, 5) is 12.4. The molecule has 0 saturated heterocycles. The van der Waals surface area contributed by atoms with E-state index in [0.29, 0.717) is 11.2 Å². The van der Waals surface area contributed by atoms with Gasteiger partial charge in [0.05, 0.1) is 0 Å². The third kappa shape index (κ3) is 3.73. The fourth-order valence-corrected chi connectivity index (χ4v) is 2.64. The molecule has 2 aromatic carbocycles. The second-order valence-corrected chi connectivity index (χ2v) is 5.53. The molecule has 3 rings (SSSR count). The highest BCUT2D eigenvalue weighted by atomic mass is 32.1. The lowest BCUT2D eigenvalue weighted by molar-refractivity contribution is -0.117. The van der Waals surface area contributed by atoms with Crippen molar-refractivity contribution in [2.75, 3.05) is 5.43 Å². The molecule has 0 bridgehead atoms. The van der Waals surface area contributed by atoms with Gasteiger partial charge in [0, 0.05) is 12.3 Å². The molecular formula is C17H16N4OS. The van der Waals surface area contributed by atoms with Crippen molar-refractivity contribution in [2.45, 2.75) is 12.3 Å². The standard InChI is InChI=1S/C17H16N4OS/c22-16(20-21-12-18-19-17(21)23)11-15(13-7-3-1-4-8-13)14-9-5-2-6-10-14/h1-10,12,15H,11H2,(H,19,23)(H,20,22). The number of carbonyl (C=O) groups is 1. The van der Waals surface area contributed by atoms with Crippen molar-refractivity contribution in [1.82, 2.24) is 14.9 Å². The van der Waals surface area contributed by atoms with Crippen molar-refractivity contribution in [3.05, 3.63) is 82.9 Å². The lowest BCUT2D eigenvalue weighted by Crippen LogP contribution is -2.24. The van der Waals surface area contributed by atoms with Crippen molar-refractivity contribution in [3.63, 3.8) is 0 Å². The summed E-state index contributed by atoms with van der Waals surface area (Å²) < 4.78 is 1.76. The molecule has 1 heterocycles. The summed E-state index contributed by atoms with van der Waals surface area (Å²) in [6.45, 7) is 0. The Bertz CT molecular complexity index is 787. The average molecular weight is 324 g/mol. The van der Waals surface area contributed by atoms with E-state index in [1.54, 1.807) is 0 Å². The molecule has 0 atom stereocenters. The summed E-state index contributed by atoms with van der Waals surface area (Å²) in [6, 6.07) is 20.0. The monoisotopic (exact) mass is 324 g/mol. The van der Waals surface area contributed by atoms with Gasteiger partial charge in [-0.3, -0.25) is 15.3 Å².